The highest BCUT2D eigenvalue weighted by Crippen LogP contribution is 2.24. The van der Waals surface area contributed by atoms with E-state index in [1.807, 2.05) is 0 Å². The summed E-state index contributed by atoms with van der Waals surface area (Å²) in [5.41, 5.74) is 5.26. The second-order valence-corrected chi connectivity index (χ2v) is 6.10. The van der Waals surface area contributed by atoms with Crippen molar-refractivity contribution in [3.05, 3.63) is 68.2 Å². The predicted octanol–water partition coefficient (Wildman–Crippen LogP) is 2.50. The highest BCUT2D eigenvalue weighted by atomic mass is 79.9. The zero-order chi connectivity index (χ0) is 18.6. The van der Waals surface area contributed by atoms with E-state index in [1.54, 1.807) is 43.3 Å². The number of carbonyl (C=O) groups is 2. The van der Waals surface area contributed by atoms with Crippen LogP contribution in [0.25, 0.3) is 0 Å². The second kappa shape index (κ2) is 7.75. The molecular weight excluding hydrogens is 392 g/mol. The Balaban J connectivity index is 2.20. The molecule has 2 rings (SSSR count). The van der Waals surface area contributed by atoms with E-state index in [9.17, 15) is 19.7 Å². The maximum atomic E-state index is 12.4. The zero-order valence-electron chi connectivity index (χ0n) is 13.4. The van der Waals surface area contributed by atoms with Crippen LogP contribution in [0.1, 0.15) is 20.7 Å². The Bertz CT molecular complexity index is 839. The molecule has 2 aromatic carbocycles. The van der Waals surface area contributed by atoms with Gasteiger partial charge >= 0.3 is 0 Å². The summed E-state index contributed by atoms with van der Waals surface area (Å²) < 4.78 is 0.575. The zero-order valence-corrected chi connectivity index (χ0v) is 15.0. The summed E-state index contributed by atoms with van der Waals surface area (Å²) in [6, 6.07) is 10.7. The Kier molecular flexibility index (Phi) is 5.71. The molecule has 2 N–H and O–H groups in total. The van der Waals surface area contributed by atoms with E-state index in [-0.39, 0.29) is 11.3 Å². The Labute approximate surface area is 152 Å². The number of nitrogens with zero attached hydrogens (tertiary/aromatic N) is 2. The highest BCUT2D eigenvalue weighted by molar-refractivity contribution is 9.10. The molecule has 0 aliphatic heterocycles. The molecule has 0 aromatic heterocycles. The first kappa shape index (κ1) is 18.4. The molecule has 0 saturated carbocycles. The molecule has 8 nitrogen and oxygen atoms in total. The molecule has 25 heavy (non-hydrogen) atoms. The van der Waals surface area contributed by atoms with Crippen LogP contribution in [0.15, 0.2) is 46.9 Å². The lowest BCUT2D eigenvalue weighted by Crippen LogP contribution is -2.42. The molecule has 9 heteroatoms. The van der Waals surface area contributed by atoms with Crippen molar-refractivity contribution in [2.45, 2.75) is 0 Å². The van der Waals surface area contributed by atoms with Gasteiger partial charge in [-0.3, -0.25) is 30.6 Å². The topological polar surface area (TPSA) is 105 Å². The van der Waals surface area contributed by atoms with Crippen LogP contribution in [0.2, 0.25) is 0 Å². The van der Waals surface area contributed by atoms with Gasteiger partial charge in [-0.25, -0.2) is 0 Å². The molecule has 0 aliphatic carbocycles. The van der Waals surface area contributed by atoms with Gasteiger partial charge in [-0.15, -0.1) is 0 Å². The maximum Gasteiger partial charge on any atom is 0.272 e. The van der Waals surface area contributed by atoms with E-state index in [0.29, 0.717) is 15.7 Å². The number of non-ortho nitro benzene ring substituents is 1. The van der Waals surface area contributed by atoms with Crippen LogP contribution in [-0.4, -0.2) is 30.8 Å². The molecule has 0 saturated heterocycles. The number of hydrogen-bond acceptors (Lipinski definition) is 5. The minimum atomic E-state index is -0.659. The first-order valence-corrected chi connectivity index (χ1v) is 7.91. The average molecular weight is 407 g/mol. The van der Waals surface area contributed by atoms with E-state index in [0.717, 1.165) is 6.07 Å². The van der Waals surface area contributed by atoms with Crippen molar-refractivity contribution >= 4 is 39.1 Å². The van der Waals surface area contributed by atoms with Crippen LogP contribution in [0.4, 0.5) is 11.4 Å². The summed E-state index contributed by atoms with van der Waals surface area (Å²) in [6.45, 7) is 0. The van der Waals surface area contributed by atoms with Gasteiger partial charge in [0.25, 0.3) is 17.5 Å². The summed E-state index contributed by atoms with van der Waals surface area (Å²) in [6.07, 6.45) is 0. The lowest BCUT2D eigenvalue weighted by atomic mass is 10.1. The quantitative estimate of drug-likeness (QED) is 0.599. The van der Waals surface area contributed by atoms with Gasteiger partial charge in [-0.1, -0.05) is 12.1 Å². The van der Waals surface area contributed by atoms with Crippen molar-refractivity contribution in [3.8, 4) is 0 Å². The molecule has 2 amide bonds. The lowest BCUT2D eigenvalue weighted by Gasteiger charge is -2.17. The molecule has 130 valence electrons. The van der Waals surface area contributed by atoms with Crippen molar-refractivity contribution < 1.29 is 14.5 Å². The number of halogens is 1. The fraction of sp³-hybridized carbons (Fsp3) is 0.125. The largest absolute Gasteiger partial charge is 0.377 e. The number of nitro benzene ring substituents is 1. The SMILES string of the molecule is CN(C)c1ccc([N+](=O)[O-])cc1C(=O)NNC(=O)c1ccccc1Br. The van der Waals surface area contributed by atoms with E-state index < -0.39 is 16.7 Å². The number of benzene rings is 2. The first-order chi connectivity index (χ1) is 11.8. The molecule has 0 radical (unpaired) electrons. The van der Waals surface area contributed by atoms with Crippen LogP contribution < -0.4 is 15.8 Å². The number of rotatable bonds is 4. The molecule has 0 bridgehead atoms. The lowest BCUT2D eigenvalue weighted by molar-refractivity contribution is -0.384. The Morgan fingerprint density at radius 3 is 2.20 bits per heavy atom. The van der Waals surface area contributed by atoms with Crippen molar-refractivity contribution in [2.75, 3.05) is 19.0 Å². The molecular formula is C16H15BrN4O4. The highest BCUT2D eigenvalue weighted by Gasteiger charge is 2.19. The normalized spacial score (nSPS) is 10.0. The number of nitrogens with one attached hydrogen (secondary N) is 2. The molecule has 0 unspecified atom stereocenters. The maximum absolute atomic E-state index is 12.4. The van der Waals surface area contributed by atoms with Gasteiger partial charge in [0, 0.05) is 36.4 Å². The molecule has 0 spiro atoms. The van der Waals surface area contributed by atoms with Crippen LogP contribution in [0.3, 0.4) is 0 Å². The van der Waals surface area contributed by atoms with Crippen LogP contribution >= 0.6 is 15.9 Å². The molecule has 0 fully saturated rings. The summed E-state index contributed by atoms with van der Waals surface area (Å²) in [7, 11) is 3.41. The summed E-state index contributed by atoms with van der Waals surface area (Å²) >= 11 is 3.25. The third kappa shape index (κ3) is 4.32. The average Bonchev–Trinajstić information content (AvgIpc) is 2.59. The van der Waals surface area contributed by atoms with E-state index in [1.165, 1.54) is 12.1 Å². The number of carbonyl (C=O) groups excluding carboxylic acids is 2. The van der Waals surface area contributed by atoms with Crippen LogP contribution in [0.5, 0.6) is 0 Å². The van der Waals surface area contributed by atoms with Crippen LogP contribution in [-0.2, 0) is 0 Å². The summed E-state index contributed by atoms with van der Waals surface area (Å²) in [5.74, 6) is -1.18. The molecule has 0 aliphatic rings. The summed E-state index contributed by atoms with van der Waals surface area (Å²) in [4.78, 5) is 36.5. The smallest absolute Gasteiger partial charge is 0.272 e. The van der Waals surface area contributed by atoms with Gasteiger partial charge in [0.1, 0.15) is 0 Å². The molecule has 0 heterocycles. The van der Waals surface area contributed by atoms with E-state index in [4.69, 9.17) is 0 Å². The number of anilines is 1. The van der Waals surface area contributed by atoms with E-state index >= 15 is 0 Å². The Hall–Kier alpha value is -2.94. The van der Waals surface area contributed by atoms with Gasteiger partial charge in [-0.2, -0.15) is 0 Å². The van der Waals surface area contributed by atoms with Gasteiger partial charge < -0.3 is 4.90 Å². The minimum Gasteiger partial charge on any atom is -0.377 e. The third-order valence-electron chi connectivity index (χ3n) is 3.33. The van der Waals surface area contributed by atoms with Gasteiger partial charge in [0.2, 0.25) is 0 Å². The minimum absolute atomic E-state index is 0.0756. The van der Waals surface area contributed by atoms with Crippen LogP contribution in [0, 0.1) is 10.1 Å². The van der Waals surface area contributed by atoms with Gasteiger partial charge in [0.05, 0.1) is 16.1 Å². The Morgan fingerprint density at radius 2 is 1.64 bits per heavy atom. The Morgan fingerprint density at radius 1 is 1.04 bits per heavy atom. The summed E-state index contributed by atoms with van der Waals surface area (Å²) in [5, 5.41) is 10.9. The standard InChI is InChI=1S/C16H15BrN4O4/c1-20(2)14-8-7-10(21(24)25)9-12(14)16(23)19-18-15(22)11-5-3-4-6-13(11)17/h3-9H,1-2H3,(H,18,22)(H,19,23). The van der Waals surface area contributed by atoms with Gasteiger partial charge in [0.15, 0.2) is 0 Å². The first-order valence-electron chi connectivity index (χ1n) is 7.12. The monoisotopic (exact) mass is 406 g/mol. The van der Waals surface area contributed by atoms with Crippen molar-refractivity contribution in [1.29, 1.82) is 0 Å². The number of hydrogen-bond donors (Lipinski definition) is 2. The number of amides is 2. The van der Waals surface area contributed by atoms with E-state index in [2.05, 4.69) is 26.8 Å². The van der Waals surface area contributed by atoms with Crippen molar-refractivity contribution in [3.63, 3.8) is 0 Å². The second-order valence-electron chi connectivity index (χ2n) is 5.24. The third-order valence-corrected chi connectivity index (χ3v) is 4.02. The fourth-order valence-electron chi connectivity index (χ4n) is 2.10. The number of hydrazine groups is 1. The number of nitro groups is 1. The van der Waals surface area contributed by atoms with Crippen molar-refractivity contribution in [1.82, 2.24) is 10.9 Å². The van der Waals surface area contributed by atoms with Gasteiger partial charge in [-0.05, 0) is 34.1 Å². The predicted molar refractivity (Wildman–Crippen MR) is 96.5 cm³/mol. The van der Waals surface area contributed by atoms with Crippen molar-refractivity contribution in [2.24, 2.45) is 0 Å². The molecule has 2 aromatic rings. The molecule has 0 atom stereocenters. The fourth-order valence-corrected chi connectivity index (χ4v) is 2.57.